The fourth-order valence-corrected chi connectivity index (χ4v) is 4.59. The second-order valence-electron chi connectivity index (χ2n) is 7.48. The molecule has 1 aliphatic rings. The van der Waals surface area contributed by atoms with Gasteiger partial charge in [-0.1, -0.05) is 35.3 Å². The number of rotatable bonds is 7. The third kappa shape index (κ3) is 5.51. The molecule has 1 saturated heterocycles. The van der Waals surface area contributed by atoms with Gasteiger partial charge in [0.05, 0.1) is 10.0 Å². The highest BCUT2D eigenvalue weighted by Crippen LogP contribution is 2.27. The predicted molar refractivity (Wildman–Crippen MR) is 131 cm³/mol. The van der Waals surface area contributed by atoms with Gasteiger partial charge in [-0.15, -0.1) is 17.9 Å². The molecule has 3 aromatic rings. The number of thiazole rings is 1. The van der Waals surface area contributed by atoms with E-state index in [1.165, 1.54) is 11.3 Å². The topological polar surface area (TPSA) is 45.7 Å². The summed E-state index contributed by atoms with van der Waals surface area (Å²) in [4.78, 5) is 21.6. The molecule has 0 N–H and O–H groups in total. The van der Waals surface area contributed by atoms with E-state index in [1.54, 1.807) is 12.1 Å². The summed E-state index contributed by atoms with van der Waals surface area (Å²) in [6, 6.07) is 13.1. The Bertz CT molecular complexity index is 1090. The first-order valence-electron chi connectivity index (χ1n) is 10.3. The highest BCUT2D eigenvalue weighted by atomic mass is 35.5. The fourth-order valence-electron chi connectivity index (χ4n) is 3.47. The van der Waals surface area contributed by atoms with E-state index in [9.17, 15) is 4.79 Å². The van der Waals surface area contributed by atoms with Crippen molar-refractivity contribution in [2.75, 3.05) is 32.7 Å². The van der Waals surface area contributed by atoms with Gasteiger partial charge in [0.25, 0.3) is 5.91 Å². The summed E-state index contributed by atoms with van der Waals surface area (Å²) in [6.45, 7) is 8.17. The zero-order valence-corrected chi connectivity index (χ0v) is 19.8. The molecule has 4 rings (SSSR count). The van der Waals surface area contributed by atoms with Crippen LogP contribution in [-0.4, -0.2) is 53.4 Å². The summed E-state index contributed by atoms with van der Waals surface area (Å²) in [7, 11) is 0. The molecule has 1 aromatic heterocycles. The molecule has 0 unspecified atom stereocenters. The maximum atomic E-state index is 12.8. The molecule has 0 atom stereocenters. The number of hydrogen-bond acceptors (Lipinski definition) is 5. The molecule has 0 spiro atoms. The first kappa shape index (κ1) is 22.8. The molecule has 1 fully saturated rings. The van der Waals surface area contributed by atoms with Crippen molar-refractivity contribution in [2.45, 2.75) is 6.61 Å². The van der Waals surface area contributed by atoms with Crippen LogP contribution in [-0.2, 0) is 6.61 Å². The van der Waals surface area contributed by atoms with E-state index in [0.29, 0.717) is 35.4 Å². The molecule has 0 saturated carbocycles. The van der Waals surface area contributed by atoms with Gasteiger partial charge in [-0.25, -0.2) is 4.98 Å². The standard InChI is InChI=1S/C24H23Cl2N3O2S/c1-2-9-28-10-12-29(13-11-28)24(30)22-16-32-23(27-22)18-4-6-19(7-5-18)31-15-17-3-8-20(25)21(26)14-17/h2-8,14,16H,1,9-13,15H2. The lowest BCUT2D eigenvalue weighted by Crippen LogP contribution is -2.48. The minimum atomic E-state index is -0.00710. The minimum Gasteiger partial charge on any atom is -0.489 e. The zero-order valence-electron chi connectivity index (χ0n) is 17.5. The van der Waals surface area contributed by atoms with Crippen LogP contribution in [0.2, 0.25) is 10.0 Å². The highest BCUT2D eigenvalue weighted by molar-refractivity contribution is 7.13. The molecule has 1 amide bonds. The quantitative estimate of drug-likeness (QED) is 0.404. The lowest BCUT2D eigenvalue weighted by Gasteiger charge is -2.33. The van der Waals surface area contributed by atoms with Crippen LogP contribution in [0.4, 0.5) is 0 Å². The Morgan fingerprint density at radius 1 is 1.09 bits per heavy atom. The Labute approximate surface area is 201 Å². The van der Waals surface area contributed by atoms with Gasteiger partial charge in [-0.2, -0.15) is 0 Å². The fraction of sp³-hybridized carbons (Fsp3) is 0.250. The lowest BCUT2D eigenvalue weighted by molar-refractivity contribution is 0.0645. The number of aromatic nitrogens is 1. The summed E-state index contributed by atoms with van der Waals surface area (Å²) in [6.07, 6.45) is 1.90. The van der Waals surface area contributed by atoms with Crippen molar-refractivity contribution in [2.24, 2.45) is 0 Å². The summed E-state index contributed by atoms with van der Waals surface area (Å²) in [5, 5.41) is 3.68. The van der Waals surface area contributed by atoms with Gasteiger partial charge in [0.2, 0.25) is 0 Å². The molecular weight excluding hydrogens is 465 g/mol. The summed E-state index contributed by atoms with van der Waals surface area (Å²) < 4.78 is 5.84. The first-order valence-corrected chi connectivity index (χ1v) is 11.9. The van der Waals surface area contributed by atoms with Crippen molar-refractivity contribution in [3.63, 3.8) is 0 Å². The van der Waals surface area contributed by atoms with E-state index < -0.39 is 0 Å². The zero-order chi connectivity index (χ0) is 22.5. The number of amides is 1. The third-order valence-corrected chi connectivity index (χ3v) is 6.89. The van der Waals surface area contributed by atoms with Crippen LogP contribution in [0.3, 0.4) is 0 Å². The van der Waals surface area contributed by atoms with Gasteiger partial charge in [-0.05, 0) is 42.0 Å². The van der Waals surface area contributed by atoms with Gasteiger partial charge >= 0.3 is 0 Å². The maximum absolute atomic E-state index is 12.8. The molecular formula is C24H23Cl2N3O2S. The number of nitrogens with zero attached hydrogens (tertiary/aromatic N) is 3. The van der Waals surface area contributed by atoms with E-state index in [0.717, 1.165) is 41.5 Å². The molecule has 32 heavy (non-hydrogen) atoms. The van der Waals surface area contributed by atoms with Crippen molar-refractivity contribution in [3.8, 4) is 16.3 Å². The molecule has 1 aliphatic heterocycles. The molecule has 166 valence electrons. The van der Waals surface area contributed by atoms with Crippen molar-refractivity contribution >= 4 is 40.4 Å². The second kappa shape index (κ2) is 10.5. The van der Waals surface area contributed by atoms with Crippen LogP contribution in [0.1, 0.15) is 16.1 Å². The van der Waals surface area contributed by atoms with Crippen molar-refractivity contribution in [1.29, 1.82) is 0 Å². The molecule has 0 bridgehead atoms. The molecule has 0 radical (unpaired) electrons. The number of halogens is 2. The Hall–Kier alpha value is -2.38. The molecule has 5 nitrogen and oxygen atoms in total. The number of benzene rings is 2. The van der Waals surface area contributed by atoms with Crippen molar-refractivity contribution in [1.82, 2.24) is 14.8 Å². The van der Waals surface area contributed by atoms with Crippen molar-refractivity contribution < 1.29 is 9.53 Å². The van der Waals surface area contributed by atoms with E-state index in [2.05, 4.69) is 16.5 Å². The van der Waals surface area contributed by atoms with E-state index in [-0.39, 0.29) is 5.91 Å². The Morgan fingerprint density at radius 2 is 1.84 bits per heavy atom. The maximum Gasteiger partial charge on any atom is 0.273 e. The Kier molecular flexibility index (Phi) is 7.48. The average Bonchev–Trinajstić information content (AvgIpc) is 3.31. The van der Waals surface area contributed by atoms with E-state index in [1.807, 2.05) is 46.7 Å². The first-order chi connectivity index (χ1) is 15.5. The highest BCUT2D eigenvalue weighted by Gasteiger charge is 2.23. The van der Waals surface area contributed by atoms with E-state index in [4.69, 9.17) is 27.9 Å². The monoisotopic (exact) mass is 487 g/mol. The molecule has 2 aromatic carbocycles. The average molecular weight is 488 g/mol. The Balaban J connectivity index is 1.35. The third-order valence-electron chi connectivity index (χ3n) is 5.26. The second-order valence-corrected chi connectivity index (χ2v) is 9.15. The number of carbonyl (C=O) groups excluding carboxylic acids is 1. The predicted octanol–water partition coefficient (Wildman–Crippen LogP) is 5.64. The van der Waals surface area contributed by atoms with Crippen molar-refractivity contribution in [3.05, 3.63) is 81.8 Å². The van der Waals surface area contributed by atoms with Gasteiger partial charge in [0.1, 0.15) is 23.1 Å². The van der Waals surface area contributed by atoms with Crippen LogP contribution in [0.15, 0.2) is 60.5 Å². The summed E-state index contributed by atoms with van der Waals surface area (Å²) in [5.74, 6) is 0.734. The lowest BCUT2D eigenvalue weighted by atomic mass is 10.2. The van der Waals surface area contributed by atoms with Gasteiger partial charge < -0.3 is 9.64 Å². The van der Waals surface area contributed by atoms with E-state index >= 15 is 0 Å². The molecule has 0 aliphatic carbocycles. The normalized spacial score (nSPS) is 14.4. The van der Waals surface area contributed by atoms with Gasteiger partial charge in [0.15, 0.2) is 0 Å². The largest absolute Gasteiger partial charge is 0.489 e. The Morgan fingerprint density at radius 3 is 2.53 bits per heavy atom. The number of ether oxygens (including phenoxy) is 1. The van der Waals surface area contributed by atoms with Crippen LogP contribution in [0.25, 0.3) is 10.6 Å². The summed E-state index contributed by atoms with van der Waals surface area (Å²) in [5.41, 5.74) is 2.39. The van der Waals surface area contributed by atoms with Crippen LogP contribution in [0.5, 0.6) is 5.75 Å². The molecule has 2 heterocycles. The number of carbonyl (C=O) groups is 1. The van der Waals surface area contributed by atoms with Gasteiger partial charge in [0, 0.05) is 43.7 Å². The summed E-state index contributed by atoms with van der Waals surface area (Å²) >= 11 is 13.5. The smallest absolute Gasteiger partial charge is 0.273 e. The van der Waals surface area contributed by atoms with Crippen LogP contribution < -0.4 is 4.74 Å². The van der Waals surface area contributed by atoms with Crippen LogP contribution >= 0.6 is 34.5 Å². The number of hydrogen-bond donors (Lipinski definition) is 0. The molecule has 8 heteroatoms. The van der Waals surface area contributed by atoms with Crippen LogP contribution in [0, 0.1) is 0 Å². The number of piperazine rings is 1. The van der Waals surface area contributed by atoms with Gasteiger partial charge in [-0.3, -0.25) is 9.69 Å². The SMILES string of the molecule is C=CCN1CCN(C(=O)c2csc(-c3ccc(OCc4ccc(Cl)c(Cl)c4)cc3)n2)CC1. The minimum absolute atomic E-state index is 0.00710.